The third-order valence-corrected chi connectivity index (χ3v) is 10.2. The molecule has 1 aliphatic carbocycles. The normalized spacial score (nSPS) is 25.3. The van der Waals surface area contributed by atoms with Crippen molar-refractivity contribution in [3.63, 3.8) is 0 Å². The first-order valence-electron chi connectivity index (χ1n) is 8.58. The molecule has 9 heteroatoms. The summed E-state index contributed by atoms with van der Waals surface area (Å²) >= 11 is 6.39. The average Bonchev–Trinajstić information content (AvgIpc) is 2.87. The van der Waals surface area contributed by atoms with E-state index in [4.69, 9.17) is 11.2 Å². The maximum Gasteiger partial charge on any atom is 0.383 e. The van der Waals surface area contributed by atoms with Crippen LogP contribution in [0, 0.1) is 6.92 Å². The predicted octanol–water partition coefficient (Wildman–Crippen LogP) is 4.70. The Bertz CT molecular complexity index is 820. The van der Waals surface area contributed by atoms with E-state index < -0.39 is 16.8 Å². The van der Waals surface area contributed by atoms with Crippen molar-refractivity contribution < 1.29 is 13.0 Å². The van der Waals surface area contributed by atoms with Crippen LogP contribution in [-0.4, -0.2) is 29.2 Å². The Morgan fingerprint density at radius 3 is 2.36 bits per heavy atom. The Balaban J connectivity index is 2.00. The molecule has 0 aromatic heterocycles. The van der Waals surface area contributed by atoms with E-state index in [1.165, 1.54) is 12.1 Å². The highest BCUT2D eigenvalue weighted by Gasteiger charge is 2.51. The Morgan fingerprint density at radius 1 is 1.20 bits per heavy atom. The number of nitrogens with zero attached hydrogens (tertiary/aromatic N) is 3. The minimum atomic E-state index is -4.07. The number of hydrazone groups is 1. The fraction of sp³-hybridized carbons (Fsp3) is 0.562. The van der Waals surface area contributed by atoms with Crippen LogP contribution < -0.4 is 0 Å². The number of hydrogen-bond donors (Lipinski definition) is 0. The first-order valence-corrected chi connectivity index (χ1v) is 12.5. The Morgan fingerprint density at radius 2 is 1.80 bits per heavy atom. The number of benzene rings is 1. The maximum atomic E-state index is 13.4. The van der Waals surface area contributed by atoms with E-state index >= 15 is 0 Å². The van der Waals surface area contributed by atoms with Crippen LogP contribution in [0.3, 0.4) is 0 Å². The molecular weight excluding hydrogens is 381 g/mol. The highest BCUT2D eigenvalue weighted by Crippen LogP contribution is 2.65. The van der Waals surface area contributed by atoms with Crippen molar-refractivity contribution in [1.82, 2.24) is 8.86 Å². The largest absolute Gasteiger partial charge is 0.383 e. The highest BCUT2D eigenvalue weighted by molar-refractivity contribution is 8.01. The van der Waals surface area contributed by atoms with Crippen LogP contribution in [0.25, 0.3) is 0 Å². The molecule has 1 fully saturated rings. The molecule has 1 heterocycles. The molecule has 0 radical (unpaired) electrons. The molecule has 0 saturated heterocycles. The SMILES string of the molecule is CCC1=NN(S(=O)(=O)c2ccc(C)cc2)P(=O)(Cl)N1C1CCCCC1. The molecule has 3 rings (SSSR count). The molecule has 6 nitrogen and oxygen atoms in total. The van der Waals surface area contributed by atoms with Gasteiger partial charge in [0, 0.05) is 12.5 Å². The molecule has 0 N–H and O–H groups in total. The van der Waals surface area contributed by atoms with Crippen molar-refractivity contribution in [3.8, 4) is 0 Å². The van der Waals surface area contributed by atoms with Crippen LogP contribution in [0.4, 0.5) is 0 Å². The van der Waals surface area contributed by atoms with Gasteiger partial charge in [0.2, 0.25) is 0 Å². The van der Waals surface area contributed by atoms with Gasteiger partial charge in [-0.2, -0.15) is 8.42 Å². The zero-order valence-corrected chi connectivity index (χ0v) is 16.9. The molecule has 1 atom stereocenters. The van der Waals surface area contributed by atoms with Gasteiger partial charge < -0.3 is 0 Å². The van der Waals surface area contributed by atoms with Gasteiger partial charge in [0.25, 0.3) is 10.0 Å². The second-order valence-corrected chi connectivity index (χ2v) is 11.6. The van der Waals surface area contributed by atoms with Gasteiger partial charge in [0.15, 0.2) is 0 Å². The number of aryl methyl sites for hydroxylation is 1. The molecule has 1 aliphatic heterocycles. The first-order chi connectivity index (χ1) is 11.8. The lowest BCUT2D eigenvalue weighted by atomic mass is 9.95. The van der Waals surface area contributed by atoms with Crippen LogP contribution in [0.15, 0.2) is 34.3 Å². The minimum Gasteiger partial charge on any atom is -0.276 e. The number of halogens is 1. The monoisotopic (exact) mass is 403 g/mol. The van der Waals surface area contributed by atoms with Crippen molar-refractivity contribution in [3.05, 3.63) is 29.8 Å². The Labute approximate surface area is 154 Å². The zero-order valence-electron chi connectivity index (χ0n) is 14.4. The van der Waals surface area contributed by atoms with E-state index in [-0.39, 0.29) is 10.9 Å². The van der Waals surface area contributed by atoms with E-state index in [1.807, 2.05) is 13.8 Å². The second-order valence-electron chi connectivity index (χ2n) is 6.52. The summed E-state index contributed by atoms with van der Waals surface area (Å²) in [5.74, 6) is 0.487. The van der Waals surface area contributed by atoms with Crippen molar-refractivity contribution >= 4 is 33.9 Å². The average molecular weight is 404 g/mol. The summed E-state index contributed by atoms with van der Waals surface area (Å²) in [7, 11) is -4.07. The molecule has 1 saturated carbocycles. The Kier molecular flexibility index (Phi) is 5.20. The van der Waals surface area contributed by atoms with Gasteiger partial charge in [-0.15, -0.1) is 5.10 Å². The fourth-order valence-electron chi connectivity index (χ4n) is 3.39. The quantitative estimate of drug-likeness (QED) is 0.683. The summed E-state index contributed by atoms with van der Waals surface area (Å²) in [6, 6.07) is 6.36. The molecule has 1 aromatic carbocycles. The third-order valence-electron chi connectivity index (χ3n) is 4.71. The van der Waals surface area contributed by atoms with E-state index in [9.17, 15) is 13.0 Å². The topological polar surface area (TPSA) is 70.0 Å². The number of amidine groups is 1. The molecule has 1 aromatic rings. The molecule has 25 heavy (non-hydrogen) atoms. The summed E-state index contributed by atoms with van der Waals surface area (Å²) in [4.78, 5) is 0.0451. The lowest BCUT2D eigenvalue weighted by Crippen LogP contribution is -2.36. The number of sulfonamides is 1. The van der Waals surface area contributed by atoms with E-state index in [1.54, 1.807) is 16.8 Å². The van der Waals surface area contributed by atoms with Crippen LogP contribution in [0.1, 0.15) is 51.0 Å². The van der Waals surface area contributed by atoms with Gasteiger partial charge in [-0.1, -0.05) is 48.1 Å². The standard InChI is InChI=1S/C16H23ClN3O3PS/c1-3-16-18-20(25(22,23)15-11-9-13(2)10-12-15)24(17,21)19(16)14-7-5-4-6-8-14/h9-12,14H,3-8H2,1-2H3. The Hall–Kier alpha value is -1.04. The second kappa shape index (κ2) is 6.93. The number of rotatable bonds is 4. The van der Waals surface area contributed by atoms with Gasteiger partial charge >= 0.3 is 6.80 Å². The summed E-state index contributed by atoms with van der Waals surface area (Å²) in [5, 5.41) is 4.18. The molecule has 1 unspecified atom stereocenters. The summed E-state index contributed by atoms with van der Waals surface area (Å²) < 4.78 is 41.6. The van der Waals surface area contributed by atoms with Crippen LogP contribution >= 0.6 is 18.0 Å². The van der Waals surface area contributed by atoms with Crippen LogP contribution in [0.5, 0.6) is 0 Å². The zero-order chi connectivity index (χ0) is 18.2. The smallest absolute Gasteiger partial charge is 0.276 e. The molecule has 0 spiro atoms. The van der Waals surface area contributed by atoms with Crippen molar-refractivity contribution in [2.75, 3.05) is 0 Å². The lowest BCUT2D eigenvalue weighted by Gasteiger charge is -2.35. The molecule has 138 valence electrons. The number of hydrogen-bond acceptors (Lipinski definition) is 4. The van der Waals surface area contributed by atoms with Gasteiger partial charge in [-0.05, 0) is 43.1 Å². The maximum absolute atomic E-state index is 13.4. The van der Waals surface area contributed by atoms with Gasteiger partial charge in [0.05, 0.1) is 4.90 Å². The third kappa shape index (κ3) is 3.34. The fourth-order valence-corrected chi connectivity index (χ4v) is 8.78. The van der Waals surface area contributed by atoms with Gasteiger partial charge in [0.1, 0.15) is 5.84 Å². The molecule has 2 aliphatic rings. The van der Waals surface area contributed by atoms with Gasteiger partial charge in [-0.3, -0.25) is 9.24 Å². The lowest BCUT2D eigenvalue weighted by molar-refractivity contribution is 0.325. The predicted molar refractivity (Wildman–Crippen MR) is 100 cm³/mol. The van der Waals surface area contributed by atoms with E-state index in [0.29, 0.717) is 16.4 Å². The molecule has 0 bridgehead atoms. The van der Waals surface area contributed by atoms with Crippen LogP contribution in [-0.2, 0) is 14.6 Å². The summed E-state index contributed by atoms with van der Waals surface area (Å²) in [6.07, 6.45) is 5.38. The van der Waals surface area contributed by atoms with Gasteiger partial charge in [-0.25, -0.2) is 0 Å². The summed E-state index contributed by atoms with van der Waals surface area (Å²) in [5.41, 5.74) is 0.941. The van der Waals surface area contributed by atoms with E-state index in [0.717, 1.165) is 37.7 Å². The van der Waals surface area contributed by atoms with Crippen molar-refractivity contribution in [2.45, 2.75) is 63.3 Å². The van der Waals surface area contributed by atoms with Crippen LogP contribution in [0.2, 0.25) is 0 Å². The molecule has 0 amide bonds. The van der Waals surface area contributed by atoms with E-state index in [2.05, 4.69) is 5.10 Å². The van der Waals surface area contributed by atoms with Crippen molar-refractivity contribution in [2.24, 2.45) is 5.10 Å². The first kappa shape index (κ1) is 18.7. The summed E-state index contributed by atoms with van der Waals surface area (Å²) in [6.45, 7) is -0.116. The minimum absolute atomic E-state index is 0.0194. The van der Waals surface area contributed by atoms with Crippen molar-refractivity contribution in [1.29, 1.82) is 0 Å². The molecular formula is C16H23ClN3O3PS. The highest BCUT2D eigenvalue weighted by atomic mass is 35.7.